The van der Waals surface area contributed by atoms with E-state index in [1.807, 2.05) is 0 Å². The molecule has 2 aliphatic carbocycles. The second kappa shape index (κ2) is 7.55. The van der Waals surface area contributed by atoms with Gasteiger partial charge in [-0.2, -0.15) is 13.2 Å². The summed E-state index contributed by atoms with van der Waals surface area (Å²) in [5.74, 6) is -3.60. The average molecular weight is 507 g/mol. The third kappa shape index (κ3) is 3.34. The van der Waals surface area contributed by atoms with E-state index in [2.05, 4.69) is 0 Å². The predicted molar refractivity (Wildman–Crippen MR) is 115 cm³/mol. The highest BCUT2D eigenvalue weighted by atomic mass is 19.4. The number of pyridine rings is 1. The molecule has 2 amide bonds. The maximum absolute atomic E-state index is 14.3. The van der Waals surface area contributed by atoms with Crippen LogP contribution in [0.1, 0.15) is 50.9 Å². The van der Waals surface area contributed by atoms with Crippen molar-refractivity contribution in [3.63, 3.8) is 0 Å². The lowest BCUT2D eigenvalue weighted by molar-refractivity contribution is -0.155. The van der Waals surface area contributed by atoms with E-state index in [4.69, 9.17) is 4.74 Å². The minimum atomic E-state index is -5.08. The Balaban J connectivity index is 1.35. The van der Waals surface area contributed by atoms with Gasteiger partial charge in [-0.1, -0.05) is 12.1 Å². The van der Waals surface area contributed by atoms with Crippen LogP contribution < -0.4 is 10.7 Å². The molecule has 4 aliphatic rings. The van der Waals surface area contributed by atoms with E-state index in [1.54, 1.807) is 5.32 Å². The Hall–Kier alpha value is -3.41. The van der Waals surface area contributed by atoms with E-state index >= 15 is 0 Å². The van der Waals surface area contributed by atoms with Gasteiger partial charge in [-0.15, -0.1) is 0 Å². The number of nitrogens with zero attached hydrogens (tertiary/aromatic N) is 2. The van der Waals surface area contributed by atoms with Crippen LogP contribution in [0.4, 0.5) is 17.6 Å². The largest absolute Gasteiger partial charge is 0.503 e. The molecule has 2 aromatic rings. The minimum Gasteiger partial charge on any atom is -0.503 e. The third-order valence-electron chi connectivity index (χ3n) is 7.70. The van der Waals surface area contributed by atoms with Crippen molar-refractivity contribution in [1.29, 1.82) is 0 Å². The van der Waals surface area contributed by atoms with Crippen LogP contribution >= 0.6 is 0 Å². The molecule has 0 radical (unpaired) electrons. The van der Waals surface area contributed by atoms with Gasteiger partial charge in [0.1, 0.15) is 11.4 Å². The molecule has 2 unspecified atom stereocenters. The lowest BCUT2D eigenvalue weighted by Gasteiger charge is -2.45. The zero-order valence-corrected chi connectivity index (χ0v) is 18.9. The number of carbonyl (C=O) groups excluding carboxylic acids is 2. The molecule has 2 aliphatic heterocycles. The minimum absolute atomic E-state index is 0.00305. The highest BCUT2D eigenvalue weighted by Gasteiger charge is 2.63. The maximum Gasteiger partial charge on any atom is 0.412 e. The van der Waals surface area contributed by atoms with Gasteiger partial charge in [0, 0.05) is 17.8 Å². The SMILES string of the molecule is Cc1ccc([C@H](NC(=O)c2cn3c(c(O)c2=O)C(=O)N2C4CC(O[C@H]2C3)[C@@H]2C[C@H]42)C(F)(F)F)c(F)c1. The molecule has 1 aromatic carbocycles. The zero-order chi connectivity index (χ0) is 25.7. The number of hydrogen-bond donors (Lipinski definition) is 2. The number of fused-ring (bicyclic) bond motifs is 8. The van der Waals surface area contributed by atoms with Gasteiger partial charge in [0.25, 0.3) is 11.8 Å². The molecule has 2 bridgehead atoms. The van der Waals surface area contributed by atoms with E-state index in [1.165, 1.54) is 22.5 Å². The van der Waals surface area contributed by atoms with E-state index in [9.17, 15) is 37.1 Å². The van der Waals surface area contributed by atoms with Crippen LogP contribution in [0.15, 0.2) is 29.2 Å². The molecule has 36 heavy (non-hydrogen) atoms. The zero-order valence-electron chi connectivity index (χ0n) is 18.9. The van der Waals surface area contributed by atoms with Crippen LogP contribution in [0.25, 0.3) is 0 Å². The molecule has 2 N–H and O–H groups in total. The number of nitrogens with one attached hydrogen (secondary N) is 1. The number of alkyl halides is 3. The van der Waals surface area contributed by atoms with Gasteiger partial charge in [0.15, 0.2) is 23.7 Å². The van der Waals surface area contributed by atoms with Gasteiger partial charge >= 0.3 is 6.18 Å². The molecule has 6 atom stereocenters. The highest BCUT2D eigenvalue weighted by molar-refractivity contribution is 5.99. The summed E-state index contributed by atoms with van der Waals surface area (Å²) >= 11 is 0. The van der Waals surface area contributed by atoms with Crippen LogP contribution in [0.3, 0.4) is 0 Å². The first-order chi connectivity index (χ1) is 17.0. The number of benzene rings is 1. The Bertz CT molecular complexity index is 1370. The molecule has 3 heterocycles. The fraction of sp³-hybridized carbons (Fsp3) is 0.458. The molecular formula is C24H21F4N3O5. The fourth-order valence-corrected chi connectivity index (χ4v) is 5.94. The molecule has 190 valence electrons. The number of carbonyl (C=O) groups is 2. The van der Waals surface area contributed by atoms with Crippen molar-refractivity contribution in [1.82, 2.24) is 14.8 Å². The Kier molecular flexibility index (Phi) is 4.82. The second-order valence-electron chi connectivity index (χ2n) is 9.90. The summed E-state index contributed by atoms with van der Waals surface area (Å²) in [6.07, 6.45) is -3.18. The van der Waals surface area contributed by atoms with Crippen LogP contribution in [0.5, 0.6) is 5.75 Å². The molecule has 0 spiro atoms. The lowest BCUT2D eigenvalue weighted by Crippen LogP contribution is -2.58. The smallest absolute Gasteiger partial charge is 0.412 e. The monoisotopic (exact) mass is 507 g/mol. The van der Waals surface area contributed by atoms with Crippen molar-refractivity contribution in [2.24, 2.45) is 11.8 Å². The van der Waals surface area contributed by atoms with Gasteiger partial charge in [-0.05, 0) is 43.2 Å². The number of hydrogen-bond acceptors (Lipinski definition) is 5. The van der Waals surface area contributed by atoms with Crippen LogP contribution in [-0.4, -0.2) is 50.9 Å². The topological polar surface area (TPSA) is 101 Å². The summed E-state index contributed by atoms with van der Waals surface area (Å²) < 4.78 is 62.9. The molecule has 3 fully saturated rings. The van der Waals surface area contributed by atoms with E-state index in [-0.39, 0.29) is 24.4 Å². The molecule has 1 saturated heterocycles. The summed E-state index contributed by atoms with van der Waals surface area (Å²) in [4.78, 5) is 40.5. The van der Waals surface area contributed by atoms with E-state index < -0.39 is 58.4 Å². The Morgan fingerprint density at radius 3 is 2.67 bits per heavy atom. The van der Waals surface area contributed by atoms with Gasteiger partial charge in [-0.25, -0.2) is 4.39 Å². The van der Waals surface area contributed by atoms with Crippen LogP contribution in [0, 0.1) is 24.6 Å². The number of amides is 2. The van der Waals surface area contributed by atoms with Gasteiger partial charge in [-0.3, -0.25) is 14.4 Å². The van der Waals surface area contributed by atoms with Crippen LogP contribution in [-0.2, 0) is 11.3 Å². The molecule has 12 heteroatoms. The molecule has 2 saturated carbocycles. The summed E-state index contributed by atoms with van der Waals surface area (Å²) in [6, 6.07) is 0.274. The van der Waals surface area contributed by atoms with Gasteiger partial charge in [0.2, 0.25) is 5.43 Å². The summed E-state index contributed by atoms with van der Waals surface area (Å²) in [5, 5.41) is 12.3. The summed E-state index contributed by atoms with van der Waals surface area (Å²) in [6.45, 7) is 1.49. The average Bonchev–Trinajstić information content (AvgIpc) is 3.54. The lowest BCUT2D eigenvalue weighted by atomic mass is 10.0. The number of ether oxygens (including phenoxy) is 1. The van der Waals surface area contributed by atoms with Crippen molar-refractivity contribution in [3.8, 4) is 5.75 Å². The molecule has 1 aromatic heterocycles. The number of aryl methyl sites for hydroxylation is 1. The second-order valence-corrected chi connectivity index (χ2v) is 9.90. The number of aromatic hydroxyl groups is 1. The van der Waals surface area contributed by atoms with Gasteiger partial charge < -0.3 is 24.6 Å². The quantitative estimate of drug-likeness (QED) is 0.623. The highest BCUT2D eigenvalue weighted by Crippen LogP contribution is 2.58. The summed E-state index contributed by atoms with van der Waals surface area (Å²) in [7, 11) is 0. The first kappa shape index (κ1) is 23.0. The molecular weight excluding hydrogens is 486 g/mol. The van der Waals surface area contributed by atoms with Gasteiger partial charge in [0.05, 0.1) is 12.6 Å². The molecule has 8 nitrogen and oxygen atoms in total. The third-order valence-corrected chi connectivity index (χ3v) is 7.70. The van der Waals surface area contributed by atoms with Crippen LogP contribution in [0.2, 0.25) is 0 Å². The Morgan fingerprint density at radius 2 is 1.97 bits per heavy atom. The number of aromatic nitrogens is 1. The Labute approximate surface area is 201 Å². The molecule has 6 rings (SSSR count). The van der Waals surface area contributed by atoms with Crippen molar-refractivity contribution in [3.05, 3.63) is 62.8 Å². The van der Waals surface area contributed by atoms with Crippen molar-refractivity contribution in [2.75, 3.05) is 0 Å². The van der Waals surface area contributed by atoms with E-state index in [0.29, 0.717) is 23.8 Å². The first-order valence-electron chi connectivity index (χ1n) is 11.5. The van der Waals surface area contributed by atoms with Crippen molar-refractivity contribution >= 4 is 11.8 Å². The first-order valence-corrected chi connectivity index (χ1v) is 11.5. The Morgan fingerprint density at radius 1 is 1.22 bits per heavy atom. The number of halogens is 4. The predicted octanol–water partition coefficient (Wildman–Crippen LogP) is 2.62. The number of rotatable bonds is 3. The maximum atomic E-state index is 14.3. The van der Waals surface area contributed by atoms with E-state index in [0.717, 1.165) is 24.8 Å². The summed E-state index contributed by atoms with van der Waals surface area (Å²) in [5.41, 5.74) is -2.87. The standard InChI is InChI=1S/C24H21F4N3O5/c1-9-2-3-10(14(25)4-9)21(24(26,27)28)29-22(34)13-7-30-8-17-31(23(35)18(30)20(33)19(13)32)15-6-16(36-17)12-5-11(12)15/h2-4,7,11-12,15-17,21,33H,5-6,8H2,1H3,(H,29,34)/t11-,12+,15?,16?,17-,21-/m0/s1. The normalized spacial score (nSPS) is 28.8. The fourth-order valence-electron chi connectivity index (χ4n) is 5.94. The van der Waals surface area contributed by atoms with Crippen molar-refractivity contribution in [2.45, 2.75) is 56.9 Å². The van der Waals surface area contributed by atoms with Crippen molar-refractivity contribution < 1.29 is 37.0 Å².